The summed E-state index contributed by atoms with van der Waals surface area (Å²) in [7, 11) is 1.81. The van der Waals surface area contributed by atoms with Crippen molar-refractivity contribution in [1.82, 2.24) is 20.5 Å². The number of guanidine groups is 1. The molecule has 2 heterocycles. The molecule has 1 fully saturated rings. The minimum atomic E-state index is 0. The summed E-state index contributed by atoms with van der Waals surface area (Å²) in [6.45, 7) is 9.53. The summed E-state index contributed by atoms with van der Waals surface area (Å²) in [6, 6.07) is 8.20. The third-order valence-electron chi connectivity index (χ3n) is 5.32. The minimum Gasteiger partial charge on any atom is -0.444 e. The van der Waals surface area contributed by atoms with Crippen molar-refractivity contribution in [3.05, 3.63) is 41.8 Å². The van der Waals surface area contributed by atoms with Crippen molar-refractivity contribution in [2.45, 2.75) is 39.7 Å². The van der Waals surface area contributed by atoms with Gasteiger partial charge in [-0.15, -0.1) is 24.0 Å². The van der Waals surface area contributed by atoms with Crippen LogP contribution in [0.5, 0.6) is 0 Å². The van der Waals surface area contributed by atoms with Gasteiger partial charge in [0.05, 0.1) is 12.2 Å². The van der Waals surface area contributed by atoms with Gasteiger partial charge in [0, 0.05) is 19.2 Å². The molecule has 6 nitrogen and oxygen atoms in total. The number of aromatic nitrogens is 1. The van der Waals surface area contributed by atoms with Crippen LogP contribution in [-0.4, -0.2) is 49.1 Å². The zero-order valence-corrected chi connectivity index (χ0v) is 20.1. The first kappa shape index (κ1) is 23.7. The van der Waals surface area contributed by atoms with E-state index in [2.05, 4.69) is 51.5 Å². The predicted molar refractivity (Wildman–Crippen MR) is 130 cm³/mol. The molecule has 160 valence electrons. The molecule has 2 N–H and O–H groups in total. The molecule has 0 amide bonds. The van der Waals surface area contributed by atoms with Gasteiger partial charge in [0.2, 0.25) is 5.89 Å². The van der Waals surface area contributed by atoms with Gasteiger partial charge in [-0.1, -0.05) is 24.6 Å². The molecule has 0 atom stereocenters. The average molecular weight is 511 g/mol. The summed E-state index contributed by atoms with van der Waals surface area (Å²) < 4.78 is 5.63. The largest absolute Gasteiger partial charge is 0.444 e. The lowest BCUT2D eigenvalue weighted by Gasteiger charge is -2.32. The van der Waals surface area contributed by atoms with E-state index in [4.69, 9.17) is 4.42 Å². The number of halogens is 1. The molecule has 0 radical (unpaired) electrons. The zero-order valence-electron chi connectivity index (χ0n) is 17.8. The van der Waals surface area contributed by atoms with Gasteiger partial charge >= 0.3 is 0 Å². The number of benzene rings is 1. The number of hydrogen-bond donors (Lipinski definition) is 2. The Balaban J connectivity index is 0.00000300. The van der Waals surface area contributed by atoms with Crippen molar-refractivity contribution in [3.8, 4) is 11.5 Å². The van der Waals surface area contributed by atoms with Crippen LogP contribution in [0, 0.1) is 12.8 Å². The Bertz CT molecular complexity index is 751. The Morgan fingerprint density at radius 1 is 1.21 bits per heavy atom. The number of rotatable bonds is 7. The fraction of sp³-hybridized carbons (Fsp3) is 0.545. The summed E-state index contributed by atoms with van der Waals surface area (Å²) in [4.78, 5) is 11.5. The normalized spacial score (nSPS) is 15.8. The molecule has 1 aromatic carbocycles. The highest BCUT2D eigenvalue weighted by Crippen LogP contribution is 2.19. The molecule has 0 saturated carbocycles. The summed E-state index contributed by atoms with van der Waals surface area (Å²) >= 11 is 0. The average Bonchev–Trinajstić information content (AvgIpc) is 3.19. The second-order valence-electron chi connectivity index (χ2n) is 7.60. The first-order valence-corrected chi connectivity index (χ1v) is 10.4. The molecule has 1 saturated heterocycles. The molecular weight excluding hydrogens is 477 g/mol. The Kier molecular flexibility index (Phi) is 9.93. The fourth-order valence-corrected chi connectivity index (χ4v) is 3.58. The Labute approximate surface area is 191 Å². The first-order valence-electron chi connectivity index (χ1n) is 10.4. The smallest absolute Gasteiger partial charge is 0.226 e. The molecule has 3 rings (SSSR count). The van der Waals surface area contributed by atoms with Crippen LogP contribution in [0.25, 0.3) is 11.5 Å². The van der Waals surface area contributed by atoms with Crippen LogP contribution < -0.4 is 10.6 Å². The molecular formula is C22H34IN5O. The van der Waals surface area contributed by atoms with Gasteiger partial charge in [0.25, 0.3) is 0 Å². The van der Waals surface area contributed by atoms with Crippen LogP contribution in [0.15, 0.2) is 39.9 Å². The highest BCUT2D eigenvalue weighted by molar-refractivity contribution is 14.0. The lowest BCUT2D eigenvalue weighted by atomic mass is 9.97. The number of likely N-dealkylation sites (tertiary alicyclic amines) is 1. The topological polar surface area (TPSA) is 65.7 Å². The summed E-state index contributed by atoms with van der Waals surface area (Å²) in [5.74, 6) is 2.18. The quantitative estimate of drug-likeness (QED) is 0.334. The Hall–Kier alpha value is -1.61. The van der Waals surface area contributed by atoms with Crippen LogP contribution in [0.4, 0.5) is 0 Å². The molecule has 1 aliphatic rings. The van der Waals surface area contributed by atoms with Crippen molar-refractivity contribution >= 4 is 29.9 Å². The predicted octanol–water partition coefficient (Wildman–Crippen LogP) is 4.06. The van der Waals surface area contributed by atoms with Gasteiger partial charge in [0.1, 0.15) is 6.26 Å². The number of oxazole rings is 1. The van der Waals surface area contributed by atoms with E-state index in [0.717, 1.165) is 23.8 Å². The Morgan fingerprint density at radius 2 is 1.93 bits per heavy atom. The van der Waals surface area contributed by atoms with Crippen LogP contribution >= 0.6 is 24.0 Å². The molecule has 0 spiro atoms. The summed E-state index contributed by atoms with van der Waals surface area (Å²) in [6.07, 6.45) is 5.46. The van der Waals surface area contributed by atoms with E-state index in [-0.39, 0.29) is 24.0 Å². The summed E-state index contributed by atoms with van der Waals surface area (Å²) in [5.41, 5.74) is 3.09. The third-order valence-corrected chi connectivity index (χ3v) is 5.32. The number of aliphatic imine (C=N–C) groups is 1. The molecule has 0 bridgehead atoms. The van der Waals surface area contributed by atoms with Crippen molar-refractivity contribution < 1.29 is 4.42 Å². The van der Waals surface area contributed by atoms with E-state index in [1.807, 2.05) is 12.1 Å². The highest BCUT2D eigenvalue weighted by atomic mass is 127. The van der Waals surface area contributed by atoms with Crippen molar-refractivity contribution in [2.24, 2.45) is 10.9 Å². The fourth-order valence-electron chi connectivity index (χ4n) is 3.58. The number of aryl methyl sites for hydroxylation is 1. The van der Waals surface area contributed by atoms with E-state index in [9.17, 15) is 0 Å². The van der Waals surface area contributed by atoms with Gasteiger partial charge in [-0.25, -0.2) is 4.98 Å². The molecule has 2 aromatic rings. The second-order valence-corrected chi connectivity index (χ2v) is 7.60. The van der Waals surface area contributed by atoms with Crippen molar-refractivity contribution in [1.29, 1.82) is 0 Å². The molecule has 1 aromatic heterocycles. The Morgan fingerprint density at radius 3 is 2.59 bits per heavy atom. The molecule has 29 heavy (non-hydrogen) atoms. The number of piperidine rings is 1. The standard InChI is InChI=1S/C22H33N5O.HI/c1-4-11-27-12-9-18(10-13-27)14-24-22(23-3)25-15-20-16-28-21(26-20)19-7-5-17(2)6-8-19;/h5-8,16,18H,4,9-15H2,1-3H3,(H2,23,24,25);1H. The third kappa shape index (κ3) is 7.29. The van der Waals surface area contributed by atoms with Crippen LogP contribution in [0.3, 0.4) is 0 Å². The molecule has 7 heteroatoms. The minimum absolute atomic E-state index is 0. The van der Waals surface area contributed by atoms with E-state index in [0.29, 0.717) is 18.4 Å². The maximum absolute atomic E-state index is 5.63. The van der Waals surface area contributed by atoms with Crippen LogP contribution in [0.1, 0.15) is 37.4 Å². The molecule has 1 aliphatic heterocycles. The van der Waals surface area contributed by atoms with Crippen LogP contribution in [0.2, 0.25) is 0 Å². The second kappa shape index (κ2) is 12.2. The number of nitrogens with one attached hydrogen (secondary N) is 2. The van der Waals surface area contributed by atoms with Gasteiger partial charge in [-0.2, -0.15) is 0 Å². The van der Waals surface area contributed by atoms with Crippen molar-refractivity contribution in [3.63, 3.8) is 0 Å². The number of hydrogen-bond acceptors (Lipinski definition) is 4. The van der Waals surface area contributed by atoms with Crippen molar-refractivity contribution in [2.75, 3.05) is 33.2 Å². The first-order chi connectivity index (χ1) is 13.7. The van der Waals surface area contributed by atoms with E-state index in [1.54, 1.807) is 13.3 Å². The lowest BCUT2D eigenvalue weighted by Crippen LogP contribution is -2.42. The van der Waals surface area contributed by atoms with E-state index < -0.39 is 0 Å². The highest BCUT2D eigenvalue weighted by Gasteiger charge is 2.18. The SMILES string of the molecule is CCCN1CCC(CNC(=NC)NCc2coc(-c3ccc(C)cc3)n2)CC1.I. The van der Waals surface area contributed by atoms with Gasteiger partial charge in [-0.3, -0.25) is 4.99 Å². The summed E-state index contributed by atoms with van der Waals surface area (Å²) in [5, 5.41) is 6.80. The van der Waals surface area contributed by atoms with Gasteiger partial charge < -0.3 is 20.0 Å². The monoisotopic (exact) mass is 511 g/mol. The van der Waals surface area contributed by atoms with Crippen LogP contribution in [-0.2, 0) is 6.54 Å². The number of nitrogens with zero attached hydrogens (tertiary/aromatic N) is 3. The van der Waals surface area contributed by atoms with Gasteiger partial charge in [0.15, 0.2) is 5.96 Å². The molecule has 0 unspecified atom stereocenters. The maximum atomic E-state index is 5.63. The maximum Gasteiger partial charge on any atom is 0.226 e. The van der Waals surface area contributed by atoms with Gasteiger partial charge in [-0.05, 0) is 63.9 Å². The zero-order chi connectivity index (χ0) is 19.8. The van der Waals surface area contributed by atoms with E-state index >= 15 is 0 Å². The molecule has 0 aliphatic carbocycles. The van der Waals surface area contributed by atoms with E-state index in [1.165, 1.54) is 44.5 Å². The lowest BCUT2D eigenvalue weighted by molar-refractivity contribution is 0.185.